The lowest BCUT2D eigenvalue weighted by Gasteiger charge is -2.26. The second kappa shape index (κ2) is 7.40. The Kier molecular flexibility index (Phi) is 4.82. The van der Waals surface area contributed by atoms with Gasteiger partial charge in [-0.2, -0.15) is 0 Å². The second-order valence-electron chi connectivity index (χ2n) is 6.17. The van der Waals surface area contributed by atoms with Gasteiger partial charge in [-0.05, 0) is 18.2 Å². The first-order valence-electron chi connectivity index (χ1n) is 8.62. The van der Waals surface area contributed by atoms with Crippen molar-refractivity contribution in [3.8, 4) is 5.75 Å². The standard InChI is InChI=1S/C20H19ClN2O3/c21-16-6-2-4-8-18(16)25-13-15-14-5-1-3-7-17(14)26-19(15)20(24)23-11-9-22-10-12-23/h1-8,22H,9-13H2. The van der Waals surface area contributed by atoms with Gasteiger partial charge in [0.15, 0.2) is 5.76 Å². The molecule has 2 heterocycles. The van der Waals surface area contributed by atoms with E-state index in [0.29, 0.717) is 35.2 Å². The number of carbonyl (C=O) groups is 1. The molecule has 1 fully saturated rings. The molecule has 0 atom stereocenters. The van der Waals surface area contributed by atoms with Gasteiger partial charge in [0, 0.05) is 37.1 Å². The van der Waals surface area contributed by atoms with Crippen molar-refractivity contribution in [1.82, 2.24) is 10.2 Å². The number of carbonyl (C=O) groups excluding carboxylic acids is 1. The summed E-state index contributed by atoms with van der Waals surface area (Å²) in [5, 5.41) is 4.68. The highest BCUT2D eigenvalue weighted by atomic mass is 35.5. The quantitative estimate of drug-likeness (QED) is 0.760. The lowest BCUT2D eigenvalue weighted by molar-refractivity contribution is 0.0702. The van der Waals surface area contributed by atoms with Crippen LogP contribution in [0, 0.1) is 0 Å². The number of amides is 1. The normalized spacial score (nSPS) is 14.6. The van der Waals surface area contributed by atoms with Crippen molar-refractivity contribution in [2.45, 2.75) is 6.61 Å². The van der Waals surface area contributed by atoms with Crippen molar-refractivity contribution in [2.24, 2.45) is 0 Å². The number of benzene rings is 2. The van der Waals surface area contributed by atoms with Crippen LogP contribution in [0.5, 0.6) is 5.75 Å². The number of furan rings is 1. The molecule has 26 heavy (non-hydrogen) atoms. The summed E-state index contributed by atoms with van der Waals surface area (Å²) in [6.45, 7) is 3.13. The molecule has 1 N–H and O–H groups in total. The Hall–Kier alpha value is -2.50. The van der Waals surface area contributed by atoms with Crippen LogP contribution in [-0.2, 0) is 6.61 Å². The lowest BCUT2D eigenvalue weighted by Crippen LogP contribution is -2.46. The van der Waals surface area contributed by atoms with E-state index in [0.717, 1.165) is 24.0 Å². The molecule has 1 aromatic heterocycles. The van der Waals surface area contributed by atoms with Crippen LogP contribution >= 0.6 is 11.6 Å². The van der Waals surface area contributed by atoms with Crippen LogP contribution in [0.1, 0.15) is 16.1 Å². The summed E-state index contributed by atoms with van der Waals surface area (Å²) >= 11 is 6.18. The van der Waals surface area contributed by atoms with E-state index < -0.39 is 0 Å². The SMILES string of the molecule is O=C(c1oc2ccccc2c1COc1ccccc1Cl)N1CCNCC1. The molecule has 5 nitrogen and oxygen atoms in total. The molecule has 1 saturated heterocycles. The van der Waals surface area contributed by atoms with Gasteiger partial charge in [0.05, 0.1) is 5.02 Å². The molecule has 1 amide bonds. The third kappa shape index (κ3) is 3.28. The van der Waals surface area contributed by atoms with Crippen molar-refractivity contribution >= 4 is 28.5 Å². The van der Waals surface area contributed by atoms with E-state index in [1.165, 1.54) is 0 Å². The summed E-state index contributed by atoms with van der Waals surface area (Å²) in [6.07, 6.45) is 0. The molecule has 0 saturated carbocycles. The fourth-order valence-electron chi connectivity index (χ4n) is 3.14. The summed E-state index contributed by atoms with van der Waals surface area (Å²) < 4.78 is 11.8. The number of para-hydroxylation sites is 2. The summed E-state index contributed by atoms with van der Waals surface area (Å²) in [7, 11) is 0. The van der Waals surface area contributed by atoms with Crippen LogP contribution in [0.25, 0.3) is 11.0 Å². The predicted octanol–water partition coefficient (Wildman–Crippen LogP) is 3.71. The van der Waals surface area contributed by atoms with Crippen molar-refractivity contribution in [3.05, 3.63) is 64.9 Å². The first kappa shape index (κ1) is 16.9. The minimum atomic E-state index is -0.0968. The zero-order valence-corrected chi connectivity index (χ0v) is 15.0. The zero-order chi connectivity index (χ0) is 17.9. The number of nitrogens with zero attached hydrogens (tertiary/aromatic N) is 1. The Morgan fingerprint density at radius 1 is 1.12 bits per heavy atom. The average molecular weight is 371 g/mol. The fraction of sp³-hybridized carbons (Fsp3) is 0.250. The molecule has 0 aliphatic carbocycles. The van der Waals surface area contributed by atoms with Gasteiger partial charge < -0.3 is 19.4 Å². The Morgan fingerprint density at radius 3 is 2.65 bits per heavy atom. The Morgan fingerprint density at radius 2 is 1.85 bits per heavy atom. The zero-order valence-electron chi connectivity index (χ0n) is 14.2. The average Bonchev–Trinajstić information content (AvgIpc) is 3.06. The van der Waals surface area contributed by atoms with Gasteiger partial charge in [0.1, 0.15) is 17.9 Å². The van der Waals surface area contributed by atoms with Gasteiger partial charge in [-0.1, -0.05) is 41.9 Å². The lowest BCUT2D eigenvalue weighted by atomic mass is 10.1. The highest BCUT2D eigenvalue weighted by Crippen LogP contribution is 2.30. The van der Waals surface area contributed by atoms with E-state index in [4.69, 9.17) is 20.8 Å². The summed E-state index contributed by atoms with van der Waals surface area (Å²) in [6, 6.07) is 14.9. The molecule has 134 valence electrons. The van der Waals surface area contributed by atoms with E-state index in [1.807, 2.05) is 47.4 Å². The van der Waals surface area contributed by atoms with E-state index in [9.17, 15) is 4.79 Å². The Bertz CT molecular complexity index is 932. The third-order valence-corrected chi connectivity index (χ3v) is 4.82. The summed E-state index contributed by atoms with van der Waals surface area (Å²) in [5.74, 6) is 0.834. The van der Waals surface area contributed by atoms with E-state index in [-0.39, 0.29) is 12.5 Å². The van der Waals surface area contributed by atoms with Crippen LogP contribution in [0.2, 0.25) is 5.02 Å². The maximum absolute atomic E-state index is 13.0. The molecule has 4 rings (SSSR count). The van der Waals surface area contributed by atoms with E-state index in [2.05, 4.69) is 5.32 Å². The van der Waals surface area contributed by atoms with Crippen LogP contribution in [-0.4, -0.2) is 37.0 Å². The van der Waals surface area contributed by atoms with Gasteiger partial charge in [-0.25, -0.2) is 0 Å². The van der Waals surface area contributed by atoms with Gasteiger partial charge in [-0.3, -0.25) is 4.79 Å². The third-order valence-electron chi connectivity index (χ3n) is 4.51. The van der Waals surface area contributed by atoms with Crippen molar-refractivity contribution in [3.63, 3.8) is 0 Å². The number of nitrogens with one attached hydrogen (secondary N) is 1. The number of rotatable bonds is 4. The number of halogens is 1. The highest BCUT2D eigenvalue weighted by Gasteiger charge is 2.26. The predicted molar refractivity (Wildman–Crippen MR) is 101 cm³/mol. The largest absolute Gasteiger partial charge is 0.487 e. The number of ether oxygens (including phenoxy) is 1. The minimum absolute atomic E-state index is 0.0968. The molecule has 0 unspecified atom stereocenters. The molecule has 6 heteroatoms. The van der Waals surface area contributed by atoms with Gasteiger partial charge >= 0.3 is 0 Å². The smallest absolute Gasteiger partial charge is 0.290 e. The molecule has 2 aromatic carbocycles. The van der Waals surface area contributed by atoms with Crippen molar-refractivity contribution in [2.75, 3.05) is 26.2 Å². The van der Waals surface area contributed by atoms with Gasteiger partial charge in [0.2, 0.25) is 0 Å². The summed E-state index contributed by atoms with van der Waals surface area (Å²) in [4.78, 5) is 14.8. The second-order valence-corrected chi connectivity index (χ2v) is 6.57. The monoisotopic (exact) mass is 370 g/mol. The number of fused-ring (bicyclic) bond motifs is 1. The molecule has 0 spiro atoms. The number of piperazine rings is 1. The first-order valence-corrected chi connectivity index (χ1v) is 8.99. The number of hydrogen-bond donors (Lipinski definition) is 1. The molecule has 0 bridgehead atoms. The van der Waals surface area contributed by atoms with Crippen LogP contribution in [0.15, 0.2) is 52.9 Å². The van der Waals surface area contributed by atoms with Gasteiger partial charge in [0.25, 0.3) is 5.91 Å². The molecular weight excluding hydrogens is 352 g/mol. The maximum Gasteiger partial charge on any atom is 0.290 e. The summed E-state index contributed by atoms with van der Waals surface area (Å²) in [5.41, 5.74) is 1.44. The maximum atomic E-state index is 13.0. The van der Waals surface area contributed by atoms with Crippen LogP contribution in [0.3, 0.4) is 0 Å². The number of hydrogen-bond acceptors (Lipinski definition) is 4. The van der Waals surface area contributed by atoms with Crippen molar-refractivity contribution < 1.29 is 13.9 Å². The molecule has 3 aromatic rings. The van der Waals surface area contributed by atoms with Crippen molar-refractivity contribution in [1.29, 1.82) is 0 Å². The van der Waals surface area contributed by atoms with E-state index in [1.54, 1.807) is 6.07 Å². The molecule has 1 aliphatic rings. The minimum Gasteiger partial charge on any atom is -0.487 e. The highest BCUT2D eigenvalue weighted by molar-refractivity contribution is 6.32. The topological polar surface area (TPSA) is 54.7 Å². The van der Waals surface area contributed by atoms with E-state index >= 15 is 0 Å². The van der Waals surface area contributed by atoms with Crippen LogP contribution in [0.4, 0.5) is 0 Å². The molecule has 0 radical (unpaired) electrons. The molecule has 1 aliphatic heterocycles. The van der Waals surface area contributed by atoms with Crippen LogP contribution < -0.4 is 10.1 Å². The van der Waals surface area contributed by atoms with Gasteiger partial charge in [-0.15, -0.1) is 0 Å². The molecular formula is C20H19ClN2O3. The Labute approximate surface area is 156 Å². The Balaban J connectivity index is 1.67. The fourth-order valence-corrected chi connectivity index (χ4v) is 3.33. The first-order chi connectivity index (χ1) is 12.7.